The Labute approximate surface area is 144 Å². The second-order valence-corrected chi connectivity index (χ2v) is 5.72. The van der Waals surface area contributed by atoms with Gasteiger partial charge in [0.2, 0.25) is 10.4 Å². The Morgan fingerprint density at radius 1 is 1.52 bits per heavy atom. The third kappa shape index (κ3) is 2.96. The van der Waals surface area contributed by atoms with Gasteiger partial charge in [-0.05, 0) is 6.42 Å². The SMILES string of the molecule is CCCn1ncc2c1CN1CC2N(OS(=O)(=O)[O-])C1=O.[Na+]. The third-order valence-corrected chi connectivity index (χ3v) is 3.77. The van der Waals surface area contributed by atoms with Crippen LogP contribution in [0.5, 0.6) is 0 Å². The van der Waals surface area contributed by atoms with Crippen LogP contribution in [0.25, 0.3) is 0 Å². The molecule has 1 aromatic rings. The number of amides is 2. The van der Waals surface area contributed by atoms with Gasteiger partial charge in [0.15, 0.2) is 0 Å². The second-order valence-electron chi connectivity index (χ2n) is 4.76. The molecule has 21 heavy (non-hydrogen) atoms. The molecule has 0 spiro atoms. The van der Waals surface area contributed by atoms with E-state index in [0.717, 1.165) is 17.7 Å². The number of urea groups is 1. The van der Waals surface area contributed by atoms with Crippen LogP contribution < -0.4 is 29.6 Å². The Bertz CT molecular complexity index is 660. The average Bonchev–Trinajstić information content (AvgIpc) is 2.86. The molecule has 1 unspecified atom stereocenters. The summed E-state index contributed by atoms with van der Waals surface area (Å²) in [5.41, 5.74) is 1.58. The summed E-state index contributed by atoms with van der Waals surface area (Å²) >= 11 is 0. The Hall–Kier alpha value is -0.650. The molecule has 2 aliphatic heterocycles. The zero-order valence-corrected chi connectivity index (χ0v) is 14.5. The number of aryl methyl sites for hydroxylation is 1. The third-order valence-electron chi connectivity index (χ3n) is 3.42. The maximum atomic E-state index is 12.0. The van der Waals surface area contributed by atoms with E-state index in [2.05, 4.69) is 9.38 Å². The Kier molecular flexibility index (Phi) is 4.66. The first-order chi connectivity index (χ1) is 9.40. The fourth-order valence-electron chi connectivity index (χ4n) is 2.63. The normalized spacial score (nSPS) is 20.5. The molecule has 9 nitrogen and oxygen atoms in total. The molecule has 0 N–H and O–H groups in total. The molecule has 1 aromatic heterocycles. The number of carbonyl (C=O) groups is 1. The number of hydroxylamine groups is 2. The van der Waals surface area contributed by atoms with Crippen molar-refractivity contribution in [2.75, 3.05) is 6.54 Å². The van der Waals surface area contributed by atoms with E-state index in [1.165, 1.54) is 4.90 Å². The number of rotatable bonds is 4. The zero-order valence-electron chi connectivity index (χ0n) is 11.7. The quantitative estimate of drug-likeness (QED) is 0.331. The van der Waals surface area contributed by atoms with Gasteiger partial charge in [-0.15, -0.1) is 0 Å². The summed E-state index contributed by atoms with van der Waals surface area (Å²) in [7, 11) is -4.98. The van der Waals surface area contributed by atoms with Crippen molar-refractivity contribution in [3.63, 3.8) is 0 Å². The maximum Gasteiger partial charge on any atom is 1.00 e. The van der Waals surface area contributed by atoms with Crippen molar-refractivity contribution in [3.05, 3.63) is 17.5 Å². The van der Waals surface area contributed by atoms with E-state index in [1.54, 1.807) is 10.9 Å². The first kappa shape index (κ1) is 16.7. The van der Waals surface area contributed by atoms with Crippen LogP contribution in [0.3, 0.4) is 0 Å². The predicted octanol–water partition coefficient (Wildman–Crippen LogP) is -3.02. The van der Waals surface area contributed by atoms with E-state index in [4.69, 9.17) is 0 Å². The summed E-state index contributed by atoms with van der Waals surface area (Å²) in [5.74, 6) is 0. The molecule has 0 saturated carbocycles. The fraction of sp³-hybridized carbons (Fsp3) is 0.600. The Morgan fingerprint density at radius 2 is 2.24 bits per heavy atom. The van der Waals surface area contributed by atoms with E-state index in [-0.39, 0.29) is 29.6 Å². The minimum absolute atomic E-state index is 0. The van der Waals surface area contributed by atoms with Crippen molar-refractivity contribution in [3.8, 4) is 0 Å². The molecule has 1 fully saturated rings. The summed E-state index contributed by atoms with van der Waals surface area (Å²) < 4.78 is 38.3. The molecule has 2 aliphatic rings. The number of nitrogens with zero attached hydrogens (tertiary/aromatic N) is 4. The van der Waals surface area contributed by atoms with Crippen LogP contribution in [0.15, 0.2) is 6.20 Å². The summed E-state index contributed by atoms with van der Waals surface area (Å²) in [6.07, 6.45) is 2.49. The van der Waals surface area contributed by atoms with Crippen LogP contribution in [-0.2, 0) is 27.8 Å². The van der Waals surface area contributed by atoms with Gasteiger partial charge in [-0.25, -0.2) is 13.2 Å². The van der Waals surface area contributed by atoms with Gasteiger partial charge < -0.3 is 9.45 Å². The molecule has 3 rings (SSSR count). The number of carbonyl (C=O) groups excluding carboxylic acids is 1. The van der Waals surface area contributed by atoms with E-state index < -0.39 is 22.5 Å². The van der Waals surface area contributed by atoms with Gasteiger partial charge >= 0.3 is 35.6 Å². The van der Waals surface area contributed by atoms with Crippen LogP contribution in [-0.4, -0.2) is 45.3 Å². The van der Waals surface area contributed by atoms with Crippen molar-refractivity contribution in [1.29, 1.82) is 0 Å². The van der Waals surface area contributed by atoms with Gasteiger partial charge in [0, 0.05) is 12.1 Å². The molecule has 110 valence electrons. The zero-order chi connectivity index (χ0) is 14.5. The van der Waals surface area contributed by atoms with Crippen LogP contribution in [0.4, 0.5) is 4.79 Å². The van der Waals surface area contributed by atoms with Crippen LogP contribution in [0, 0.1) is 0 Å². The van der Waals surface area contributed by atoms with E-state index >= 15 is 0 Å². The fourth-order valence-corrected chi connectivity index (χ4v) is 3.00. The minimum atomic E-state index is -4.98. The Balaban J connectivity index is 0.00000161. The monoisotopic (exact) mass is 324 g/mol. The molecule has 3 heterocycles. The molecule has 1 saturated heterocycles. The number of aromatic nitrogens is 2. The van der Waals surface area contributed by atoms with E-state index in [9.17, 15) is 17.8 Å². The number of fused-ring (bicyclic) bond motifs is 4. The van der Waals surface area contributed by atoms with Gasteiger partial charge in [0.1, 0.15) is 6.04 Å². The molecule has 11 heteroatoms. The van der Waals surface area contributed by atoms with Crippen molar-refractivity contribution in [1.82, 2.24) is 19.7 Å². The van der Waals surface area contributed by atoms with Crippen molar-refractivity contribution >= 4 is 16.4 Å². The standard InChI is InChI=1S/C10H14N4O5S.Na/c1-2-3-13-8-5-12-6-9(7(8)4-11-13)14(10(12)15)19-20(16,17)18;/h4,9H,2-3,5-6H2,1H3,(H,16,17,18);/q;+1/p-1. The van der Waals surface area contributed by atoms with E-state index in [0.29, 0.717) is 24.7 Å². The van der Waals surface area contributed by atoms with Crippen molar-refractivity contribution in [2.45, 2.75) is 32.5 Å². The molecule has 0 aliphatic carbocycles. The molecule has 2 bridgehead atoms. The number of hydrogen-bond acceptors (Lipinski definition) is 6. The molecule has 2 amide bonds. The first-order valence-corrected chi connectivity index (χ1v) is 7.52. The largest absolute Gasteiger partial charge is 1.00 e. The number of hydrogen-bond donors (Lipinski definition) is 0. The van der Waals surface area contributed by atoms with Gasteiger partial charge in [-0.2, -0.15) is 14.4 Å². The summed E-state index contributed by atoms with van der Waals surface area (Å²) in [4.78, 5) is 13.4. The molecule has 0 aromatic carbocycles. The second kappa shape index (κ2) is 5.86. The molecular weight excluding hydrogens is 311 g/mol. The van der Waals surface area contributed by atoms with Crippen LogP contribution in [0.1, 0.15) is 30.6 Å². The van der Waals surface area contributed by atoms with Crippen molar-refractivity contribution in [2.24, 2.45) is 0 Å². The first-order valence-electron chi connectivity index (χ1n) is 6.19. The molecular formula is C10H13N4NaO5S. The van der Waals surface area contributed by atoms with Crippen LogP contribution in [0.2, 0.25) is 0 Å². The molecule has 0 radical (unpaired) electrons. The minimum Gasteiger partial charge on any atom is -0.724 e. The van der Waals surface area contributed by atoms with E-state index in [1.807, 2.05) is 6.92 Å². The Morgan fingerprint density at radius 3 is 2.86 bits per heavy atom. The van der Waals surface area contributed by atoms with Gasteiger partial charge in [0.05, 0.1) is 25.0 Å². The summed E-state index contributed by atoms with van der Waals surface area (Å²) in [6.45, 7) is 3.35. The molecule has 1 atom stereocenters. The summed E-state index contributed by atoms with van der Waals surface area (Å²) in [5, 5.41) is 4.86. The van der Waals surface area contributed by atoms with Crippen molar-refractivity contribution < 1.29 is 51.6 Å². The van der Waals surface area contributed by atoms with Gasteiger partial charge in [-0.3, -0.25) is 4.68 Å². The summed E-state index contributed by atoms with van der Waals surface area (Å²) in [6, 6.07) is -1.23. The maximum absolute atomic E-state index is 12.0. The van der Waals surface area contributed by atoms with Gasteiger partial charge in [-0.1, -0.05) is 6.92 Å². The topological polar surface area (TPSA) is 108 Å². The average molecular weight is 324 g/mol. The van der Waals surface area contributed by atoms with Crippen LogP contribution >= 0.6 is 0 Å². The van der Waals surface area contributed by atoms with Gasteiger partial charge in [0.25, 0.3) is 0 Å². The smallest absolute Gasteiger partial charge is 0.724 e. The predicted molar refractivity (Wildman–Crippen MR) is 63.7 cm³/mol.